The summed E-state index contributed by atoms with van der Waals surface area (Å²) in [6, 6.07) is 4.53. The van der Waals surface area contributed by atoms with E-state index in [4.69, 9.17) is 17.3 Å². The van der Waals surface area contributed by atoms with Gasteiger partial charge in [-0.05, 0) is 23.7 Å². The summed E-state index contributed by atoms with van der Waals surface area (Å²) in [7, 11) is 0. The van der Waals surface area contributed by atoms with Crippen LogP contribution in [0, 0.1) is 0 Å². The van der Waals surface area contributed by atoms with Gasteiger partial charge in [0.2, 0.25) is 5.91 Å². The Morgan fingerprint density at radius 1 is 1.31 bits per heavy atom. The van der Waals surface area contributed by atoms with Crippen LogP contribution in [-0.4, -0.2) is 5.91 Å². The second kappa shape index (κ2) is 3.30. The average Bonchev–Trinajstić information content (AvgIpc) is 2.03. The van der Waals surface area contributed by atoms with Crippen LogP contribution in [0.1, 0.15) is 15.9 Å². The number of hydrogen-bond donors (Lipinski definition) is 1. The number of alkyl halides is 3. The van der Waals surface area contributed by atoms with E-state index >= 15 is 0 Å². The van der Waals surface area contributed by atoms with E-state index in [0.717, 1.165) is 12.1 Å². The second-order valence-electron chi connectivity index (χ2n) is 2.44. The molecule has 0 fully saturated rings. The first kappa shape index (κ1) is 9.92. The lowest BCUT2D eigenvalue weighted by Gasteiger charge is -2.07. The van der Waals surface area contributed by atoms with Crippen molar-refractivity contribution in [2.75, 3.05) is 0 Å². The van der Waals surface area contributed by atoms with Gasteiger partial charge in [0.05, 0.1) is 0 Å². The Hall–Kier alpha value is -1.16. The van der Waals surface area contributed by atoms with Crippen molar-refractivity contribution < 1.29 is 13.6 Å². The molecule has 0 heterocycles. The minimum Gasteiger partial charge on any atom is -0.366 e. The lowest BCUT2D eigenvalue weighted by atomic mass is 10.1. The average molecular weight is 206 g/mol. The minimum absolute atomic E-state index is 0.171. The molecule has 0 atom stereocenters. The van der Waals surface area contributed by atoms with E-state index in [1.165, 1.54) is 12.1 Å². The Labute approximate surface area is 78.3 Å². The first-order valence-electron chi connectivity index (χ1n) is 3.38. The van der Waals surface area contributed by atoms with E-state index in [1.807, 2.05) is 0 Å². The molecule has 0 aliphatic rings. The summed E-state index contributed by atoms with van der Waals surface area (Å²) >= 11 is 4.74. The Balaban J connectivity index is 3.01. The third kappa shape index (κ3) is 2.39. The van der Waals surface area contributed by atoms with E-state index < -0.39 is 11.3 Å². The summed E-state index contributed by atoms with van der Waals surface area (Å²) in [6.07, 6.45) is 0. The molecular weight excluding hydrogens is 200 g/mol. The van der Waals surface area contributed by atoms with E-state index in [-0.39, 0.29) is 11.1 Å². The third-order valence-electron chi connectivity index (χ3n) is 1.50. The molecule has 0 unspecified atom stereocenters. The molecule has 0 bridgehead atoms. The molecule has 0 saturated carbocycles. The zero-order valence-electron chi connectivity index (χ0n) is 6.43. The fourth-order valence-electron chi connectivity index (χ4n) is 0.823. The van der Waals surface area contributed by atoms with Crippen molar-refractivity contribution >= 4 is 17.5 Å². The molecule has 2 nitrogen and oxygen atoms in total. The van der Waals surface area contributed by atoms with Gasteiger partial charge in [0, 0.05) is 11.1 Å². The Bertz CT molecular complexity index is 318. The SMILES string of the molecule is NC(=O)c1ccc(C(F)(F)Cl)cc1. The maximum Gasteiger partial charge on any atom is 0.348 e. The van der Waals surface area contributed by atoms with Crippen molar-refractivity contribution in [2.45, 2.75) is 5.38 Å². The minimum atomic E-state index is -3.41. The van der Waals surface area contributed by atoms with Gasteiger partial charge in [-0.2, -0.15) is 8.78 Å². The maximum atomic E-state index is 12.4. The standard InChI is InChI=1S/C8H6ClF2NO/c9-8(10,11)6-3-1-5(2-4-6)7(12)13/h1-4H,(H2,12,13). The molecule has 2 N–H and O–H groups in total. The van der Waals surface area contributed by atoms with Crippen molar-refractivity contribution in [1.29, 1.82) is 0 Å². The highest BCUT2D eigenvalue weighted by Gasteiger charge is 2.27. The molecule has 0 radical (unpaired) electrons. The molecule has 13 heavy (non-hydrogen) atoms. The summed E-state index contributed by atoms with van der Waals surface area (Å²) in [6.45, 7) is 0. The van der Waals surface area contributed by atoms with Gasteiger partial charge in [-0.3, -0.25) is 4.79 Å². The quantitative estimate of drug-likeness (QED) is 0.738. The first-order valence-corrected chi connectivity index (χ1v) is 3.76. The molecular formula is C8H6ClF2NO. The Morgan fingerprint density at radius 3 is 2.08 bits per heavy atom. The van der Waals surface area contributed by atoms with Crippen LogP contribution in [0.5, 0.6) is 0 Å². The highest BCUT2D eigenvalue weighted by Crippen LogP contribution is 2.31. The molecule has 1 aromatic rings. The molecule has 1 rings (SSSR count). The lowest BCUT2D eigenvalue weighted by Crippen LogP contribution is -2.11. The van der Waals surface area contributed by atoms with E-state index in [1.54, 1.807) is 0 Å². The van der Waals surface area contributed by atoms with Gasteiger partial charge in [-0.15, -0.1) is 0 Å². The van der Waals surface area contributed by atoms with E-state index in [0.29, 0.717) is 0 Å². The molecule has 1 aromatic carbocycles. The number of benzene rings is 1. The van der Waals surface area contributed by atoms with Crippen molar-refractivity contribution in [3.63, 3.8) is 0 Å². The highest BCUT2D eigenvalue weighted by atomic mass is 35.5. The van der Waals surface area contributed by atoms with Gasteiger partial charge in [-0.25, -0.2) is 0 Å². The van der Waals surface area contributed by atoms with Crippen molar-refractivity contribution in [3.05, 3.63) is 35.4 Å². The smallest absolute Gasteiger partial charge is 0.348 e. The van der Waals surface area contributed by atoms with Crippen LogP contribution in [0.15, 0.2) is 24.3 Å². The van der Waals surface area contributed by atoms with Gasteiger partial charge in [0.1, 0.15) is 0 Å². The first-order chi connectivity index (χ1) is 5.91. The normalized spacial score (nSPS) is 11.3. The van der Waals surface area contributed by atoms with Gasteiger partial charge >= 0.3 is 5.38 Å². The van der Waals surface area contributed by atoms with Crippen LogP contribution in [0.25, 0.3) is 0 Å². The fourth-order valence-corrected chi connectivity index (χ4v) is 0.949. The van der Waals surface area contributed by atoms with Crippen LogP contribution in [0.3, 0.4) is 0 Å². The van der Waals surface area contributed by atoms with Crippen LogP contribution < -0.4 is 5.73 Å². The lowest BCUT2D eigenvalue weighted by molar-refractivity contribution is 0.0945. The third-order valence-corrected chi connectivity index (χ3v) is 1.71. The van der Waals surface area contributed by atoms with Crippen molar-refractivity contribution in [2.24, 2.45) is 5.73 Å². The summed E-state index contributed by atoms with van der Waals surface area (Å²) in [4.78, 5) is 10.6. The van der Waals surface area contributed by atoms with Gasteiger partial charge in [-0.1, -0.05) is 12.1 Å². The van der Waals surface area contributed by atoms with Gasteiger partial charge in [0.15, 0.2) is 0 Å². The maximum absolute atomic E-state index is 12.4. The van der Waals surface area contributed by atoms with E-state index in [2.05, 4.69) is 0 Å². The zero-order chi connectivity index (χ0) is 10.1. The molecule has 0 aliphatic heterocycles. The number of rotatable bonds is 2. The highest BCUT2D eigenvalue weighted by molar-refractivity contribution is 6.21. The van der Waals surface area contributed by atoms with Crippen LogP contribution >= 0.6 is 11.6 Å². The topological polar surface area (TPSA) is 43.1 Å². The number of amides is 1. The molecule has 0 spiro atoms. The van der Waals surface area contributed by atoms with Crippen LogP contribution in [-0.2, 0) is 5.38 Å². The number of primary amides is 1. The van der Waals surface area contributed by atoms with Crippen molar-refractivity contribution in [1.82, 2.24) is 0 Å². The Morgan fingerprint density at radius 2 is 1.77 bits per heavy atom. The van der Waals surface area contributed by atoms with Crippen molar-refractivity contribution in [3.8, 4) is 0 Å². The fraction of sp³-hybridized carbons (Fsp3) is 0.125. The van der Waals surface area contributed by atoms with Crippen LogP contribution in [0.4, 0.5) is 8.78 Å². The molecule has 0 saturated heterocycles. The predicted molar refractivity (Wildman–Crippen MR) is 44.7 cm³/mol. The molecule has 70 valence electrons. The van der Waals surface area contributed by atoms with Crippen LogP contribution in [0.2, 0.25) is 0 Å². The summed E-state index contributed by atoms with van der Waals surface area (Å²) in [5, 5.41) is -3.41. The molecule has 0 aliphatic carbocycles. The number of hydrogen-bond acceptors (Lipinski definition) is 1. The monoisotopic (exact) mass is 205 g/mol. The number of nitrogens with two attached hydrogens (primary N) is 1. The molecule has 1 amide bonds. The Kier molecular flexibility index (Phi) is 2.52. The van der Waals surface area contributed by atoms with Gasteiger partial charge in [0.25, 0.3) is 0 Å². The number of carbonyl (C=O) groups excluding carboxylic acids is 1. The zero-order valence-corrected chi connectivity index (χ0v) is 7.18. The number of halogens is 3. The van der Waals surface area contributed by atoms with E-state index in [9.17, 15) is 13.6 Å². The molecule has 0 aromatic heterocycles. The summed E-state index contributed by atoms with van der Waals surface area (Å²) in [5.41, 5.74) is 4.72. The largest absolute Gasteiger partial charge is 0.366 e. The predicted octanol–water partition coefficient (Wildman–Crippen LogP) is 2.07. The number of carbonyl (C=O) groups is 1. The second-order valence-corrected chi connectivity index (χ2v) is 2.91. The molecule has 5 heteroatoms. The summed E-state index contributed by atoms with van der Waals surface area (Å²) < 4.78 is 24.9. The van der Waals surface area contributed by atoms with Gasteiger partial charge < -0.3 is 5.73 Å². The summed E-state index contributed by atoms with van der Waals surface area (Å²) in [5.74, 6) is -0.663.